The lowest BCUT2D eigenvalue weighted by atomic mass is 9.83. The van der Waals surface area contributed by atoms with Crippen LogP contribution in [0.1, 0.15) is 110 Å². The Hall–Kier alpha value is -2.91. The molecule has 2 atom stereocenters. The number of aryl methyl sites for hydroxylation is 2. The Labute approximate surface area is 258 Å². The first kappa shape index (κ1) is 34.6. The van der Waals surface area contributed by atoms with Crippen LogP contribution in [0, 0.1) is 26.7 Å². The number of hydrogen-bond donors (Lipinski definition) is 1. The maximum Gasteiger partial charge on any atom is 0.237 e. The van der Waals surface area contributed by atoms with Crippen molar-refractivity contribution < 1.29 is 17.9 Å². The van der Waals surface area contributed by atoms with Gasteiger partial charge in [-0.25, -0.2) is 8.42 Å². The van der Waals surface area contributed by atoms with Gasteiger partial charge in [0.2, 0.25) is 10.0 Å². The van der Waals surface area contributed by atoms with Gasteiger partial charge in [0.05, 0.1) is 10.4 Å². The molecule has 9 heteroatoms. The van der Waals surface area contributed by atoms with Crippen LogP contribution < -0.4 is 4.72 Å². The smallest absolute Gasteiger partial charge is 0.237 e. The molecule has 0 aliphatic heterocycles. The summed E-state index contributed by atoms with van der Waals surface area (Å²) in [7, 11) is -2.12. The van der Waals surface area contributed by atoms with Gasteiger partial charge < -0.3 is 4.74 Å². The van der Waals surface area contributed by atoms with Crippen LogP contribution in [0.3, 0.4) is 0 Å². The molecule has 1 aromatic heterocycles. The van der Waals surface area contributed by atoms with E-state index in [0.717, 1.165) is 48.2 Å². The van der Waals surface area contributed by atoms with E-state index in [1.165, 1.54) is 0 Å². The highest BCUT2D eigenvalue weighted by molar-refractivity contribution is 7.94. The molecule has 0 bridgehead atoms. The van der Waals surface area contributed by atoms with Crippen LogP contribution >= 0.6 is 0 Å². The monoisotopic (exact) mass is 610 g/mol. The number of sulfonamides is 1. The lowest BCUT2D eigenvalue weighted by molar-refractivity contribution is 0.0953. The number of carbonyl (C=O) groups is 1. The molecule has 2 aromatic rings. The van der Waals surface area contributed by atoms with E-state index in [4.69, 9.17) is 9.72 Å². The van der Waals surface area contributed by atoms with Crippen LogP contribution in [0.5, 0.6) is 0 Å². The summed E-state index contributed by atoms with van der Waals surface area (Å²) in [6, 6.07) is 7.38. The number of ketones is 1. The Kier molecular flexibility index (Phi) is 12.2. The summed E-state index contributed by atoms with van der Waals surface area (Å²) >= 11 is 0. The van der Waals surface area contributed by atoms with Crippen LogP contribution in [0.15, 0.2) is 34.3 Å². The third kappa shape index (κ3) is 8.82. The second kappa shape index (κ2) is 15.2. The molecule has 1 N–H and O–H groups in total. The second-order valence-corrected chi connectivity index (χ2v) is 14.7. The van der Waals surface area contributed by atoms with Gasteiger partial charge in [0.25, 0.3) is 0 Å². The largest absolute Gasteiger partial charge is 0.385 e. The van der Waals surface area contributed by atoms with Crippen molar-refractivity contribution in [2.45, 2.75) is 110 Å². The fraction of sp³-hybridized carbons (Fsp3) is 0.588. The zero-order chi connectivity index (χ0) is 31.8. The SMILES string of the molecule is C=NC(N=CCc1cc(C(CCCC)C(=O)c2cccc(NS(=O)(=O)C(C)(C)CCCOC)c2C)c(C)nc1C)C1CC1. The number of rotatable bonds is 18. The number of anilines is 1. The minimum absolute atomic E-state index is 0.0237. The summed E-state index contributed by atoms with van der Waals surface area (Å²) in [5, 5.41) is 0. The van der Waals surface area contributed by atoms with Gasteiger partial charge in [-0.2, -0.15) is 0 Å². The molecular weight excluding hydrogens is 560 g/mol. The summed E-state index contributed by atoms with van der Waals surface area (Å²) in [5.41, 5.74) is 5.28. The maximum absolute atomic E-state index is 14.3. The zero-order valence-electron chi connectivity index (χ0n) is 27.1. The molecule has 0 amide bonds. The van der Waals surface area contributed by atoms with Gasteiger partial charge in [-0.05, 0) is 96.2 Å². The van der Waals surface area contributed by atoms with Crippen molar-refractivity contribution in [3.8, 4) is 0 Å². The number of ether oxygens (including phenoxy) is 1. The van der Waals surface area contributed by atoms with Crippen LogP contribution in [0.4, 0.5) is 5.69 Å². The summed E-state index contributed by atoms with van der Waals surface area (Å²) in [4.78, 5) is 27.9. The first-order valence-corrected chi connectivity index (χ1v) is 16.9. The quantitative estimate of drug-likeness (QED) is 0.109. The lowest BCUT2D eigenvalue weighted by Gasteiger charge is -2.26. The van der Waals surface area contributed by atoms with Crippen molar-refractivity contribution >= 4 is 34.4 Å². The van der Waals surface area contributed by atoms with E-state index in [0.29, 0.717) is 55.0 Å². The number of aromatic nitrogens is 1. The highest BCUT2D eigenvalue weighted by Crippen LogP contribution is 2.35. The molecule has 1 aliphatic carbocycles. The number of Topliss-reactive ketones (excluding diaryl/α,β-unsaturated/α-hetero) is 1. The average molecular weight is 611 g/mol. The van der Waals surface area contributed by atoms with E-state index in [2.05, 4.69) is 34.4 Å². The Balaban J connectivity index is 1.92. The van der Waals surface area contributed by atoms with E-state index in [1.807, 2.05) is 27.0 Å². The van der Waals surface area contributed by atoms with Crippen molar-refractivity contribution in [2.24, 2.45) is 15.9 Å². The third-order valence-corrected chi connectivity index (χ3v) is 10.7. The number of carbonyl (C=O) groups excluding carboxylic acids is 1. The molecule has 1 aliphatic rings. The van der Waals surface area contributed by atoms with Gasteiger partial charge in [0.1, 0.15) is 6.17 Å². The number of unbranched alkanes of at least 4 members (excludes halogenated alkanes) is 1. The number of benzene rings is 1. The fourth-order valence-electron chi connectivity index (χ4n) is 5.41. The van der Waals surface area contributed by atoms with E-state index >= 15 is 0 Å². The molecule has 0 saturated heterocycles. The zero-order valence-corrected chi connectivity index (χ0v) is 27.9. The molecule has 0 spiro atoms. The Morgan fingerprint density at radius 1 is 1.21 bits per heavy atom. The molecule has 2 unspecified atom stereocenters. The molecular formula is C34H50N4O4S. The number of hydrogen-bond acceptors (Lipinski definition) is 7. The lowest BCUT2D eigenvalue weighted by Crippen LogP contribution is -2.37. The third-order valence-electron chi connectivity index (χ3n) is 8.58. The number of nitrogens with zero attached hydrogens (tertiary/aromatic N) is 3. The highest BCUT2D eigenvalue weighted by Gasteiger charge is 2.35. The molecule has 43 heavy (non-hydrogen) atoms. The van der Waals surface area contributed by atoms with E-state index in [-0.39, 0.29) is 11.9 Å². The first-order valence-electron chi connectivity index (χ1n) is 15.5. The minimum Gasteiger partial charge on any atom is -0.385 e. The van der Waals surface area contributed by atoms with Crippen LogP contribution in [-0.2, 0) is 21.2 Å². The van der Waals surface area contributed by atoms with Gasteiger partial charge in [0, 0.05) is 55.1 Å². The maximum atomic E-state index is 14.3. The van der Waals surface area contributed by atoms with E-state index in [9.17, 15) is 13.2 Å². The van der Waals surface area contributed by atoms with E-state index in [1.54, 1.807) is 39.2 Å². The van der Waals surface area contributed by atoms with Crippen molar-refractivity contribution in [1.29, 1.82) is 0 Å². The van der Waals surface area contributed by atoms with Crippen LogP contribution in [-0.4, -0.2) is 56.7 Å². The molecule has 1 aromatic carbocycles. The summed E-state index contributed by atoms with van der Waals surface area (Å²) in [5.74, 6) is 0.0843. The van der Waals surface area contributed by atoms with Gasteiger partial charge in [-0.1, -0.05) is 38.0 Å². The summed E-state index contributed by atoms with van der Waals surface area (Å²) in [6.07, 6.45) is 8.32. The van der Waals surface area contributed by atoms with Crippen molar-refractivity contribution in [2.75, 3.05) is 18.4 Å². The fourth-order valence-corrected chi connectivity index (χ4v) is 6.61. The van der Waals surface area contributed by atoms with Crippen LogP contribution in [0.25, 0.3) is 0 Å². The van der Waals surface area contributed by atoms with Crippen molar-refractivity contribution in [3.63, 3.8) is 0 Å². The molecule has 3 rings (SSSR count). The number of pyridine rings is 1. The molecule has 0 radical (unpaired) electrons. The topological polar surface area (TPSA) is 110 Å². The summed E-state index contributed by atoms with van der Waals surface area (Å²) < 4.78 is 33.7. The Morgan fingerprint density at radius 3 is 2.56 bits per heavy atom. The number of aliphatic imine (C=N–C) groups is 2. The Morgan fingerprint density at radius 2 is 1.93 bits per heavy atom. The predicted molar refractivity (Wildman–Crippen MR) is 177 cm³/mol. The molecule has 1 fully saturated rings. The summed E-state index contributed by atoms with van der Waals surface area (Å²) in [6.45, 7) is 15.5. The molecule has 1 heterocycles. The van der Waals surface area contributed by atoms with Gasteiger partial charge in [-0.3, -0.25) is 24.5 Å². The van der Waals surface area contributed by atoms with E-state index < -0.39 is 20.7 Å². The van der Waals surface area contributed by atoms with Crippen molar-refractivity contribution in [1.82, 2.24) is 4.98 Å². The number of nitrogens with one attached hydrogen (secondary N) is 1. The molecule has 8 nitrogen and oxygen atoms in total. The minimum atomic E-state index is -3.73. The highest BCUT2D eigenvalue weighted by atomic mass is 32.2. The standard InChI is InChI=1S/C34H50N4O4S/c1-9-10-13-29(30-22-27(24(3)37-25(30)4)18-20-36-33(35-7)26-16-17-26)32(39)28-14-11-15-31(23(28)2)38-43(40,41)34(5,6)19-12-21-42-8/h11,14-15,20,22,26,29,33,38H,7,9-10,12-13,16-19,21H2,1-6,8H3. The molecule has 236 valence electrons. The molecule has 1 saturated carbocycles. The van der Waals surface area contributed by atoms with Gasteiger partial charge in [-0.15, -0.1) is 0 Å². The average Bonchev–Trinajstić information content (AvgIpc) is 3.79. The normalized spacial score (nSPS) is 15.4. The first-order chi connectivity index (χ1) is 20.4. The van der Waals surface area contributed by atoms with Gasteiger partial charge >= 0.3 is 0 Å². The van der Waals surface area contributed by atoms with Crippen molar-refractivity contribution in [3.05, 3.63) is 57.9 Å². The number of methoxy groups -OCH3 is 1. The predicted octanol–water partition coefficient (Wildman–Crippen LogP) is 7.16. The van der Waals surface area contributed by atoms with Gasteiger partial charge in [0.15, 0.2) is 5.78 Å². The Bertz CT molecular complexity index is 1410. The van der Waals surface area contributed by atoms with Crippen LogP contribution in [0.2, 0.25) is 0 Å². The second-order valence-electron chi connectivity index (χ2n) is 12.4.